The standard InChI is InChI=1S/C70H60B16/c71-55-47-43(48-52(60(76)68(84)64(80)56(48)72)45(51(47)59(75)67(83)63(55)79)41-19-7-11-30-9-1-3-17-39(30)41)36-15-5-13-32(25-36)34-23-21-29-22-24-35(28-38(29)27-34)33-14-6-16-37(26-33)44-49-53(61(77)69(85)65(81)57(49)73)46(42-20-8-12-31-10-2-4-18-40(31)42)54-50(44)58(74)66(82)70(86)62(54)78/h1-28H,71-86H2. The minimum absolute atomic E-state index is 1.21. The molecule has 0 spiro atoms. The van der Waals surface area contributed by atoms with Crippen molar-refractivity contribution in [2.24, 2.45) is 0 Å². The van der Waals surface area contributed by atoms with E-state index in [1.165, 1.54) is 230 Å². The van der Waals surface area contributed by atoms with E-state index in [0.717, 1.165) is 0 Å². The number of rotatable bonds is 6. The Kier molecular flexibility index (Phi) is 13.5. The van der Waals surface area contributed by atoms with Crippen LogP contribution in [0.1, 0.15) is 0 Å². The van der Waals surface area contributed by atoms with Gasteiger partial charge < -0.3 is 0 Å². The van der Waals surface area contributed by atoms with Gasteiger partial charge in [0.2, 0.25) is 0 Å². The molecule has 0 radical (unpaired) electrons. The summed E-state index contributed by atoms with van der Waals surface area (Å²) in [7, 11) is 37.6. The molecule has 14 aromatic rings. The van der Waals surface area contributed by atoms with Crippen molar-refractivity contribution in [1.29, 1.82) is 0 Å². The van der Waals surface area contributed by atoms with Crippen LogP contribution < -0.4 is 87.4 Å². The third kappa shape index (κ3) is 8.21. The first-order valence-electron chi connectivity index (χ1n) is 31.0. The van der Waals surface area contributed by atoms with Crippen molar-refractivity contribution in [2.75, 3.05) is 0 Å². The minimum Gasteiger partial charge on any atom is -0.101 e. The van der Waals surface area contributed by atoms with Gasteiger partial charge >= 0.3 is 0 Å². The highest BCUT2D eigenvalue weighted by molar-refractivity contribution is 6.73. The summed E-state index contributed by atoms with van der Waals surface area (Å²) in [5.74, 6) is 0. The molecule has 0 fully saturated rings. The Hall–Kier alpha value is -8.06. The Labute approximate surface area is 521 Å². The maximum Gasteiger partial charge on any atom is 0.139 e. The Bertz CT molecular complexity index is 4880. The van der Waals surface area contributed by atoms with Gasteiger partial charge in [-0.3, -0.25) is 0 Å². The van der Waals surface area contributed by atoms with Gasteiger partial charge in [-0.1, -0.05) is 189 Å². The normalized spacial score (nSPS) is 11.8. The molecular formula is C70H60B16. The van der Waals surface area contributed by atoms with E-state index in [1.54, 1.807) is 0 Å². The lowest BCUT2D eigenvalue weighted by atomic mass is 9.59. The zero-order chi connectivity index (χ0) is 60.0. The van der Waals surface area contributed by atoms with Gasteiger partial charge in [0, 0.05) is 0 Å². The van der Waals surface area contributed by atoms with Gasteiger partial charge in [-0.2, -0.15) is 0 Å². The monoisotopic (exact) mass is 1080 g/mol. The van der Waals surface area contributed by atoms with Crippen LogP contribution in [0.25, 0.3) is 142 Å². The molecular weight excluding hydrogens is 1010 g/mol. The van der Waals surface area contributed by atoms with E-state index in [4.69, 9.17) is 0 Å². The predicted octanol–water partition coefficient (Wildman–Crippen LogP) is -8.10. The number of benzene rings is 14. The van der Waals surface area contributed by atoms with Crippen molar-refractivity contribution in [3.63, 3.8) is 0 Å². The first-order chi connectivity index (χ1) is 41.4. The van der Waals surface area contributed by atoms with Crippen LogP contribution in [0.2, 0.25) is 0 Å². The molecule has 0 aromatic heterocycles. The Morgan fingerprint density at radius 2 is 0.419 bits per heavy atom. The van der Waals surface area contributed by atoms with Crippen molar-refractivity contribution in [1.82, 2.24) is 0 Å². The molecule has 86 heavy (non-hydrogen) atoms. The van der Waals surface area contributed by atoms with Gasteiger partial charge in [0.05, 0.1) is 0 Å². The zero-order valence-electron chi connectivity index (χ0n) is 53.2. The second-order valence-electron chi connectivity index (χ2n) is 25.5. The van der Waals surface area contributed by atoms with E-state index in [1.807, 2.05) is 0 Å². The molecule has 0 atom stereocenters. The SMILES string of the molecule is Bc1c(B)c(B)c2c(-c3cccc4ccccc34)c3c(B)c(B)c(B)c(B)c3c(-c3cccc(-c4ccc5ccc(-c6cccc(-c7c8c(B)c(B)c(B)c(B)c8c(-c8cccc9ccccc89)c8c(B)c(B)c(B)c(B)c78)c6)cc5c4)c3)c2c1B. The first kappa shape index (κ1) is 55.8. The summed E-state index contributed by atoms with van der Waals surface area (Å²) in [6.07, 6.45) is 0. The molecule has 0 aliphatic carbocycles. The van der Waals surface area contributed by atoms with Crippen LogP contribution in [-0.4, -0.2) is 126 Å². The topological polar surface area (TPSA) is 0 Å². The van der Waals surface area contributed by atoms with Crippen LogP contribution >= 0.6 is 0 Å². The summed E-state index contributed by atoms with van der Waals surface area (Å²) in [4.78, 5) is 0. The minimum atomic E-state index is 1.21. The lowest BCUT2D eigenvalue weighted by molar-refractivity contribution is 1.62. The first-order valence-corrected chi connectivity index (χ1v) is 31.0. The van der Waals surface area contributed by atoms with Gasteiger partial charge in [0.1, 0.15) is 126 Å². The fourth-order valence-electron chi connectivity index (χ4n) is 15.6. The number of fused-ring (bicyclic) bond motifs is 7. The second kappa shape index (κ2) is 20.8. The van der Waals surface area contributed by atoms with Gasteiger partial charge in [-0.05, 0) is 166 Å². The maximum atomic E-state index is 2.48. The highest BCUT2D eigenvalue weighted by Crippen LogP contribution is 2.46. The van der Waals surface area contributed by atoms with Crippen LogP contribution in [0, 0.1) is 0 Å². The third-order valence-corrected chi connectivity index (χ3v) is 21.7. The molecule has 0 heterocycles. The summed E-state index contributed by atoms with van der Waals surface area (Å²) in [6.45, 7) is 0. The molecule has 16 heteroatoms. The molecule has 0 saturated heterocycles. The van der Waals surface area contributed by atoms with Crippen LogP contribution in [-0.2, 0) is 0 Å². The van der Waals surface area contributed by atoms with E-state index in [2.05, 4.69) is 295 Å². The van der Waals surface area contributed by atoms with Crippen LogP contribution in [0.4, 0.5) is 0 Å². The summed E-state index contributed by atoms with van der Waals surface area (Å²) in [6, 6.07) is 64.7. The fraction of sp³-hybridized carbons (Fsp3) is 0. The van der Waals surface area contributed by atoms with E-state index in [0.29, 0.717) is 0 Å². The van der Waals surface area contributed by atoms with Crippen LogP contribution in [0.5, 0.6) is 0 Å². The molecule has 0 aliphatic heterocycles. The molecule has 388 valence electrons. The molecule has 0 aliphatic rings. The highest BCUT2D eigenvalue weighted by Gasteiger charge is 2.28. The quantitative estimate of drug-likeness (QED) is 0.115. The lowest BCUT2D eigenvalue weighted by Gasteiger charge is -2.28. The van der Waals surface area contributed by atoms with Crippen molar-refractivity contribution in [2.45, 2.75) is 0 Å². The fourth-order valence-corrected chi connectivity index (χ4v) is 15.6. The molecule has 0 amide bonds. The highest BCUT2D eigenvalue weighted by atomic mass is 14.3. The average Bonchev–Trinajstić information content (AvgIpc) is 0.721. The van der Waals surface area contributed by atoms with Gasteiger partial charge in [-0.15, -0.1) is 43.7 Å². The van der Waals surface area contributed by atoms with Crippen molar-refractivity contribution < 1.29 is 0 Å². The average molecular weight is 1070 g/mol. The third-order valence-electron chi connectivity index (χ3n) is 21.7. The van der Waals surface area contributed by atoms with Gasteiger partial charge in [0.15, 0.2) is 0 Å². The predicted molar refractivity (Wildman–Crippen MR) is 432 cm³/mol. The number of hydrogen-bond donors (Lipinski definition) is 0. The molecule has 0 saturated carbocycles. The molecule has 14 aromatic carbocycles. The maximum absolute atomic E-state index is 2.48. The van der Waals surface area contributed by atoms with Gasteiger partial charge in [0.25, 0.3) is 0 Å². The van der Waals surface area contributed by atoms with E-state index < -0.39 is 0 Å². The lowest BCUT2D eigenvalue weighted by Crippen LogP contribution is -2.50. The summed E-state index contributed by atoms with van der Waals surface area (Å²) < 4.78 is 0. The molecule has 14 rings (SSSR count). The zero-order valence-corrected chi connectivity index (χ0v) is 53.2. The Morgan fingerprint density at radius 3 is 0.744 bits per heavy atom. The van der Waals surface area contributed by atoms with E-state index in [9.17, 15) is 0 Å². The van der Waals surface area contributed by atoms with Crippen LogP contribution in [0.3, 0.4) is 0 Å². The molecule has 0 nitrogen and oxygen atoms in total. The smallest absolute Gasteiger partial charge is 0.101 e. The summed E-state index contributed by atoms with van der Waals surface area (Å²) in [5.41, 5.74) is 37.2. The van der Waals surface area contributed by atoms with Crippen LogP contribution in [0.15, 0.2) is 170 Å². The van der Waals surface area contributed by atoms with E-state index in [-0.39, 0.29) is 0 Å². The summed E-state index contributed by atoms with van der Waals surface area (Å²) in [5, 5.41) is 18.5. The Balaban J connectivity index is 0.963. The Morgan fingerprint density at radius 1 is 0.163 bits per heavy atom. The van der Waals surface area contributed by atoms with Crippen molar-refractivity contribution in [3.8, 4) is 66.8 Å². The number of hydrogen-bond acceptors (Lipinski definition) is 0. The van der Waals surface area contributed by atoms with Gasteiger partial charge in [-0.25, -0.2) is 0 Å². The largest absolute Gasteiger partial charge is 0.139 e. The van der Waals surface area contributed by atoms with E-state index >= 15 is 0 Å². The van der Waals surface area contributed by atoms with Crippen molar-refractivity contribution >= 4 is 288 Å². The second-order valence-corrected chi connectivity index (χ2v) is 25.5. The van der Waals surface area contributed by atoms with Crippen molar-refractivity contribution in [3.05, 3.63) is 170 Å². The molecule has 0 N–H and O–H groups in total. The molecule has 0 bridgehead atoms. The summed E-state index contributed by atoms with van der Waals surface area (Å²) >= 11 is 0. The molecule has 0 unspecified atom stereocenters.